The number of rotatable bonds is 4. The van der Waals surface area contributed by atoms with E-state index in [1.165, 1.54) is 13.8 Å². The molecule has 0 saturated heterocycles. The molecule has 1 heterocycles. The third kappa shape index (κ3) is 2.66. The lowest BCUT2D eigenvalue weighted by Gasteiger charge is -2.14. The predicted octanol–water partition coefficient (Wildman–Crippen LogP) is 2.56. The van der Waals surface area contributed by atoms with Crippen molar-refractivity contribution in [3.05, 3.63) is 52.5 Å². The fraction of sp³-hybridized carbons (Fsp3) is 0.312. The Balaban J connectivity index is 2.00. The molecule has 122 valence electrons. The molecule has 2 N–H and O–H groups in total. The Kier molecular flexibility index (Phi) is 3.77. The van der Waals surface area contributed by atoms with E-state index in [0.29, 0.717) is 6.42 Å². The molecule has 1 atom stereocenters. The summed E-state index contributed by atoms with van der Waals surface area (Å²) in [5.41, 5.74) is 1.74. The van der Waals surface area contributed by atoms with Gasteiger partial charge in [0.2, 0.25) is 10.0 Å². The molecule has 0 bridgehead atoms. The molecule has 1 aromatic heterocycles. The smallest absolute Gasteiger partial charge is 0.340 e. The van der Waals surface area contributed by atoms with Gasteiger partial charge in [0.1, 0.15) is 22.0 Å². The third-order valence-corrected chi connectivity index (χ3v) is 5.74. The first kappa shape index (κ1) is 15.8. The van der Waals surface area contributed by atoms with Gasteiger partial charge in [0, 0.05) is 6.04 Å². The van der Waals surface area contributed by atoms with E-state index in [1.807, 2.05) is 24.3 Å². The molecule has 3 rings (SSSR count). The summed E-state index contributed by atoms with van der Waals surface area (Å²) in [6.07, 6.45) is 1.44. The van der Waals surface area contributed by atoms with Crippen LogP contribution >= 0.6 is 0 Å². The van der Waals surface area contributed by atoms with Gasteiger partial charge in [0.15, 0.2) is 0 Å². The van der Waals surface area contributed by atoms with Crippen LogP contribution in [0.1, 0.15) is 45.5 Å². The summed E-state index contributed by atoms with van der Waals surface area (Å²) in [5.74, 6) is -1.15. The van der Waals surface area contributed by atoms with Gasteiger partial charge in [-0.1, -0.05) is 24.3 Å². The van der Waals surface area contributed by atoms with Crippen LogP contribution < -0.4 is 4.72 Å². The number of benzene rings is 1. The Labute approximate surface area is 134 Å². The number of carboxylic acid groups (broad SMARTS) is 1. The van der Waals surface area contributed by atoms with Gasteiger partial charge in [0.25, 0.3) is 0 Å². The zero-order chi connectivity index (χ0) is 16.8. The summed E-state index contributed by atoms with van der Waals surface area (Å²) < 4.78 is 33.3. The Morgan fingerprint density at radius 2 is 1.96 bits per heavy atom. The van der Waals surface area contributed by atoms with Gasteiger partial charge < -0.3 is 9.52 Å². The number of carboxylic acids is 1. The molecule has 1 aliphatic carbocycles. The van der Waals surface area contributed by atoms with Crippen molar-refractivity contribution >= 4 is 16.0 Å². The number of furan rings is 1. The number of aryl methyl sites for hydroxylation is 3. The second kappa shape index (κ2) is 5.50. The van der Waals surface area contributed by atoms with Gasteiger partial charge in [-0.15, -0.1) is 0 Å². The van der Waals surface area contributed by atoms with E-state index in [1.54, 1.807) is 0 Å². The van der Waals surface area contributed by atoms with Crippen molar-refractivity contribution in [2.45, 2.75) is 37.6 Å². The van der Waals surface area contributed by atoms with Crippen LogP contribution in [-0.2, 0) is 16.4 Å². The zero-order valence-electron chi connectivity index (χ0n) is 12.8. The van der Waals surface area contributed by atoms with Crippen molar-refractivity contribution < 1.29 is 22.7 Å². The van der Waals surface area contributed by atoms with Crippen LogP contribution in [0.2, 0.25) is 0 Å². The van der Waals surface area contributed by atoms with Crippen molar-refractivity contribution in [3.8, 4) is 0 Å². The number of carbonyl (C=O) groups is 1. The van der Waals surface area contributed by atoms with E-state index in [0.717, 1.165) is 17.5 Å². The van der Waals surface area contributed by atoms with Crippen molar-refractivity contribution in [2.75, 3.05) is 0 Å². The fourth-order valence-electron chi connectivity index (χ4n) is 3.16. The molecule has 1 aromatic carbocycles. The molecular weight excluding hydrogens is 318 g/mol. The molecule has 1 aliphatic rings. The summed E-state index contributed by atoms with van der Waals surface area (Å²) in [4.78, 5) is 11.1. The standard InChI is InChI=1S/C16H17NO5S/c1-9-14(16(18)19)15(10(2)22-9)23(20,21)17-13-8-7-11-5-3-4-6-12(11)13/h3-6,13,17H,7-8H2,1-2H3,(H,18,19). The highest BCUT2D eigenvalue weighted by Gasteiger charge is 2.34. The highest BCUT2D eigenvalue weighted by molar-refractivity contribution is 7.89. The van der Waals surface area contributed by atoms with Gasteiger partial charge in [-0.2, -0.15) is 0 Å². The van der Waals surface area contributed by atoms with E-state index in [9.17, 15) is 18.3 Å². The average Bonchev–Trinajstić information content (AvgIpc) is 3.00. The Bertz CT molecular complexity index is 882. The molecule has 0 radical (unpaired) electrons. The summed E-state index contributed by atoms with van der Waals surface area (Å²) in [5, 5.41) is 9.29. The molecule has 0 saturated carbocycles. The normalized spacial score (nSPS) is 17.2. The van der Waals surface area contributed by atoms with Crippen LogP contribution in [0, 0.1) is 13.8 Å². The monoisotopic (exact) mass is 335 g/mol. The van der Waals surface area contributed by atoms with Crippen LogP contribution in [0.4, 0.5) is 0 Å². The molecular formula is C16H17NO5S. The van der Waals surface area contributed by atoms with Gasteiger partial charge >= 0.3 is 5.97 Å². The summed E-state index contributed by atoms with van der Waals surface area (Å²) in [7, 11) is -4.00. The van der Waals surface area contributed by atoms with E-state index in [-0.39, 0.29) is 28.0 Å². The number of hydrogen-bond donors (Lipinski definition) is 2. The van der Waals surface area contributed by atoms with Gasteiger partial charge in [-0.3, -0.25) is 0 Å². The van der Waals surface area contributed by atoms with Crippen LogP contribution in [-0.4, -0.2) is 19.5 Å². The lowest BCUT2D eigenvalue weighted by Crippen LogP contribution is -2.28. The molecule has 0 amide bonds. The minimum atomic E-state index is -4.00. The Morgan fingerprint density at radius 3 is 2.65 bits per heavy atom. The molecule has 1 unspecified atom stereocenters. The quantitative estimate of drug-likeness (QED) is 0.895. The summed E-state index contributed by atoms with van der Waals surface area (Å²) in [6.45, 7) is 2.90. The van der Waals surface area contributed by atoms with Crippen molar-refractivity contribution in [1.29, 1.82) is 0 Å². The van der Waals surface area contributed by atoms with Gasteiger partial charge in [-0.05, 0) is 37.8 Å². The van der Waals surface area contributed by atoms with E-state index >= 15 is 0 Å². The second-order valence-corrected chi connectivity index (χ2v) is 7.29. The van der Waals surface area contributed by atoms with Crippen LogP contribution in [0.5, 0.6) is 0 Å². The highest BCUT2D eigenvalue weighted by Crippen LogP contribution is 2.34. The van der Waals surface area contributed by atoms with E-state index in [4.69, 9.17) is 4.42 Å². The SMILES string of the molecule is Cc1oc(C)c(S(=O)(=O)NC2CCc3ccccc32)c1C(=O)O. The number of hydrogen-bond acceptors (Lipinski definition) is 4. The Hall–Kier alpha value is -2.12. The van der Waals surface area contributed by atoms with Crippen LogP contribution in [0.25, 0.3) is 0 Å². The predicted molar refractivity (Wildman–Crippen MR) is 83.0 cm³/mol. The summed E-state index contributed by atoms with van der Waals surface area (Å²) in [6, 6.07) is 7.29. The van der Waals surface area contributed by atoms with Crippen molar-refractivity contribution in [1.82, 2.24) is 4.72 Å². The maximum atomic E-state index is 12.7. The first-order valence-electron chi connectivity index (χ1n) is 7.24. The van der Waals surface area contributed by atoms with E-state index in [2.05, 4.69) is 4.72 Å². The molecule has 6 nitrogen and oxygen atoms in total. The highest BCUT2D eigenvalue weighted by atomic mass is 32.2. The second-order valence-electron chi connectivity index (χ2n) is 5.64. The Morgan fingerprint density at radius 1 is 1.26 bits per heavy atom. The summed E-state index contributed by atoms with van der Waals surface area (Å²) >= 11 is 0. The number of fused-ring (bicyclic) bond motifs is 1. The molecule has 0 fully saturated rings. The van der Waals surface area contributed by atoms with Gasteiger partial charge in [-0.25, -0.2) is 17.9 Å². The molecule has 0 spiro atoms. The molecule has 2 aromatic rings. The first-order valence-corrected chi connectivity index (χ1v) is 8.73. The zero-order valence-corrected chi connectivity index (χ0v) is 13.6. The van der Waals surface area contributed by atoms with Crippen LogP contribution in [0.15, 0.2) is 33.6 Å². The molecule has 0 aliphatic heterocycles. The van der Waals surface area contributed by atoms with Gasteiger partial charge in [0.05, 0.1) is 0 Å². The first-order chi connectivity index (χ1) is 10.8. The molecule has 7 heteroatoms. The molecule has 23 heavy (non-hydrogen) atoms. The number of nitrogens with one attached hydrogen (secondary N) is 1. The van der Waals surface area contributed by atoms with E-state index < -0.39 is 16.0 Å². The minimum absolute atomic E-state index is 0.0821. The van der Waals surface area contributed by atoms with Crippen molar-refractivity contribution in [3.63, 3.8) is 0 Å². The largest absolute Gasteiger partial charge is 0.478 e. The average molecular weight is 335 g/mol. The maximum Gasteiger partial charge on any atom is 0.340 e. The lowest BCUT2D eigenvalue weighted by molar-refractivity contribution is 0.0691. The number of sulfonamides is 1. The van der Waals surface area contributed by atoms with Crippen molar-refractivity contribution in [2.24, 2.45) is 0 Å². The maximum absolute atomic E-state index is 12.7. The fourth-order valence-corrected chi connectivity index (χ4v) is 4.82. The number of aromatic carboxylic acids is 1. The topological polar surface area (TPSA) is 96.6 Å². The van der Waals surface area contributed by atoms with Crippen LogP contribution in [0.3, 0.4) is 0 Å². The third-order valence-electron chi connectivity index (χ3n) is 4.12. The minimum Gasteiger partial charge on any atom is -0.478 e. The lowest BCUT2D eigenvalue weighted by atomic mass is 10.1.